The molecule has 3 aromatic rings. The van der Waals surface area contributed by atoms with E-state index < -0.39 is 0 Å². The summed E-state index contributed by atoms with van der Waals surface area (Å²) in [4.78, 5) is 24.9. The van der Waals surface area contributed by atoms with Crippen LogP contribution in [0.4, 0.5) is 0 Å². The number of aromatic nitrogens is 1. The van der Waals surface area contributed by atoms with Gasteiger partial charge < -0.3 is 14.2 Å². The average molecular weight is 521 g/mol. The van der Waals surface area contributed by atoms with Crippen molar-refractivity contribution in [3.63, 3.8) is 0 Å². The van der Waals surface area contributed by atoms with Gasteiger partial charge in [0.15, 0.2) is 5.89 Å². The minimum atomic E-state index is 0.196. The Morgan fingerprint density at radius 3 is 2.38 bits per heavy atom. The van der Waals surface area contributed by atoms with Crippen molar-refractivity contribution in [2.45, 2.75) is 32.1 Å². The van der Waals surface area contributed by atoms with E-state index in [1.165, 1.54) is 32.5 Å². The van der Waals surface area contributed by atoms with E-state index in [2.05, 4.69) is 29.0 Å². The lowest BCUT2D eigenvalue weighted by atomic mass is 9.96. The van der Waals surface area contributed by atoms with Crippen LogP contribution in [-0.4, -0.2) is 78.5 Å². The highest BCUT2D eigenvalue weighted by molar-refractivity contribution is 6.30. The highest BCUT2D eigenvalue weighted by Crippen LogP contribution is 2.28. The molecule has 2 aromatic carbocycles. The van der Waals surface area contributed by atoms with Gasteiger partial charge in [-0.25, -0.2) is 4.98 Å². The topological polar surface area (TPSA) is 52.8 Å². The molecule has 7 heteroatoms. The maximum atomic E-state index is 13.1. The molecule has 6 nitrogen and oxygen atoms in total. The third kappa shape index (κ3) is 7.01. The van der Waals surface area contributed by atoms with Gasteiger partial charge in [-0.1, -0.05) is 54.1 Å². The molecule has 0 bridgehead atoms. The van der Waals surface area contributed by atoms with E-state index >= 15 is 0 Å². The maximum Gasteiger partial charge on any atom is 0.223 e. The molecule has 0 aliphatic carbocycles. The second kappa shape index (κ2) is 12.2. The van der Waals surface area contributed by atoms with E-state index in [-0.39, 0.29) is 5.91 Å². The van der Waals surface area contributed by atoms with Gasteiger partial charge in [-0.2, -0.15) is 0 Å². The van der Waals surface area contributed by atoms with Crippen molar-refractivity contribution < 1.29 is 9.21 Å². The van der Waals surface area contributed by atoms with Crippen molar-refractivity contribution >= 4 is 17.5 Å². The van der Waals surface area contributed by atoms with Gasteiger partial charge in [0, 0.05) is 62.6 Å². The van der Waals surface area contributed by atoms with Crippen molar-refractivity contribution in [3.8, 4) is 11.3 Å². The second-order valence-corrected chi connectivity index (χ2v) is 10.9. The number of carbonyl (C=O) groups is 1. The summed E-state index contributed by atoms with van der Waals surface area (Å²) in [6, 6.07) is 17.8. The first-order valence-corrected chi connectivity index (χ1v) is 13.9. The highest BCUT2D eigenvalue weighted by Gasteiger charge is 2.25. The molecule has 2 aliphatic rings. The van der Waals surface area contributed by atoms with Crippen LogP contribution in [0.15, 0.2) is 59.0 Å². The Morgan fingerprint density at radius 2 is 1.68 bits per heavy atom. The smallest absolute Gasteiger partial charge is 0.223 e. The SMILES string of the molecule is CN1CCC(CN2CCN(C(=O)CCc3oc(Cc4ccccc4)nc3-c3ccc(Cl)cc3)CC2)CC1. The zero-order valence-corrected chi connectivity index (χ0v) is 22.5. The van der Waals surface area contributed by atoms with E-state index in [9.17, 15) is 4.79 Å². The lowest BCUT2D eigenvalue weighted by Gasteiger charge is -2.38. The zero-order valence-electron chi connectivity index (χ0n) is 21.7. The summed E-state index contributed by atoms with van der Waals surface area (Å²) in [5.74, 6) is 2.42. The van der Waals surface area contributed by atoms with Crippen LogP contribution in [0.2, 0.25) is 5.02 Å². The van der Waals surface area contributed by atoms with Crippen molar-refractivity contribution in [1.82, 2.24) is 19.7 Å². The molecule has 2 fully saturated rings. The highest BCUT2D eigenvalue weighted by atomic mass is 35.5. The Balaban J connectivity index is 1.18. The predicted molar refractivity (Wildman–Crippen MR) is 148 cm³/mol. The van der Waals surface area contributed by atoms with Crippen molar-refractivity contribution in [2.75, 3.05) is 52.9 Å². The first-order valence-electron chi connectivity index (χ1n) is 13.5. The van der Waals surface area contributed by atoms with Crippen LogP contribution < -0.4 is 0 Å². The molecule has 3 heterocycles. The molecule has 2 aliphatic heterocycles. The Hall–Kier alpha value is -2.67. The molecule has 37 heavy (non-hydrogen) atoms. The number of piperazine rings is 1. The van der Waals surface area contributed by atoms with Crippen LogP contribution in [0.5, 0.6) is 0 Å². The number of rotatable bonds is 8. The van der Waals surface area contributed by atoms with E-state index in [0.29, 0.717) is 30.2 Å². The normalized spacial score (nSPS) is 17.8. The van der Waals surface area contributed by atoms with Gasteiger partial charge >= 0.3 is 0 Å². The molecule has 5 rings (SSSR count). The monoisotopic (exact) mass is 520 g/mol. The van der Waals surface area contributed by atoms with E-state index in [0.717, 1.165) is 54.7 Å². The molecule has 1 aromatic heterocycles. The quantitative estimate of drug-likeness (QED) is 0.418. The van der Waals surface area contributed by atoms with Crippen LogP contribution in [0, 0.1) is 5.92 Å². The van der Waals surface area contributed by atoms with Crippen LogP contribution in [-0.2, 0) is 17.6 Å². The first-order chi connectivity index (χ1) is 18.0. The molecule has 196 valence electrons. The number of hydrogen-bond donors (Lipinski definition) is 0. The molecule has 0 spiro atoms. The van der Waals surface area contributed by atoms with Gasteiger partial charge in [-0.3, -0.25) is 9.69 Å². The first kappa shape index (κ1) is 26.0. The van der Waals surface area contributed by atoms with Gasteiger partial charge in [-0.05, 0) is 56.6 Å². The van der Waals surface area contributed by atoms with Gasteiger partial charge in [0.25, 0.3) is 0 Å². The molecule has 0 radical (unpaired) electrons. The third-order valence-electron chi connectivity index (χ3n) is 7.70. The van der Waals surface area contributed by atoms with Gasteiger partial charge in [0.2, 0.25) is 5.91 Å². The molecule has 0 unspecified atom stereocenters. The zero-order chi connectivity index (χ0) is 25.6. The number of nitrogens with zero attached hydrogens (tertiary/aromatic N) is 4. The summed E-state index contributed by atoms with van der Waals surface area (Å²) in [7, 11) is 2.21. The summed E-state index contributed by atoms with van der Waals surface area (Å²) in [5, 5.41) is 0.684. The standard InChI is InChI=1S/C30H37ClN4O2/c1-33-15-13-24(14-16-33)22-34-17-19-35(20-18-34)29(36)12-11-27-30(25-7-9-26(31)10-8-25)32-28(37-27)21-23-5-3-2-4-6-23/h2-10,24H,11-22H2,1H3. The van der Waals surface area contributed by atoms with E-state index in [1.54, 1.807) is 0 Å². The minimum absolute atomic E-state index is 0.196. The summed E-state index contributed by atoms with van der Waals surface area (Å²) in [6.07, 6.45) is 4.16. The van der Waals surface area contributed by atoms with Crippen LogP contribution in [0.3, 0.4) is 0 Å². The fourth-order valence-electron chi connectivity index (χ4n) is 5.42. The molecular formula is C30H37ClN4O2. The van der Waals surface area contributed by atoms with Crippen molar-refractivity contribution in [3.05, 3.63) is 76.8 Å². The van der Waals surface area contributed by atoms with Crippen LogP contribution in [0.1, 0.15) is 36.5 Å². The fraction of sp³-hybridized carbons (Fsp3) is 0.467. The number of halogens is 1. The molecule has 0 saturated carbocycles. The van der Waals surface area contributed by atoms with Crippen LogP contribution >= 0.6 is 11.6 Å². The summed E-state index contributed by atoms with van der Waals surface area (Å²) >= 11 is 6.11. The number of piperidine rings is 1. The summed E-state index contributed by atoms with van der Waals surface area (Å²) in [6.45, 7) is 7.14. The summed E-state index contributed by atoms with van der Waals surface area (Å²) in [5.41, 5.74) is 2.91. The molecular weight excluding hydrogens is 484 g/mol. The average Bonchev–Trinajstić information content (AvgIpc) is 3.32. The van der Waals surface area contributed by atoms with E-state index in [4.69, 9.17) is 21.0 Å². The number of hydrogen-bond acceptors (Lipinski definition) is 5. The molecule has 0 N–H and O–H groups in total. The predicted octanol–water partition coefficient (Wildman–Crippen LogP) is 5.00. The maximum absolute atomic E-state index is 13.1. The van der Waals surface area contributed by atoms with Crippen molar-refractivity contribution in [1.29, 1.82) is 0 Å². The van der Waals surface area contributed by atoms with Crippen molar-refractivity contribution in [2.24, 2.45) is 5.92 Å². The minimum Gasteiger partial charge on any atom is -0.445 e. The molecule has 2 saturated heterocycles. The largest absolute Gasteiger partial charge is 0.445 e. The lowest BCUT2D eigenvalue weighted by Crippen LogP contribution is -2.50. The number of amides is 1. The van der Waals surface area contributed by atoms with Gasteiger partial charge in [0.1, 0.15) is 11.5 Å². The number of benzene rings is 2. The second-order valence-electron chi connectivity index (χ2n) is 10.5. The van der Waals surface area contributed by atoms with Gasteiger partial charge in [0.05, 0.1) is 0 Å². The Morgan fingerprint density at radius 1 is 0.973 bits per heavy atom. The Bertz CT molecular complexity index is 1150. The van der Waals surface area contributed by atoms with Gasteiger partial charge in [-0.15, -0.1) is 0 Å². The third-order valence-corrected chi connectivity index (χ3v) is 7.95. The van der Waals surface area contributed by atoms with Crippen LogP contribution in [0.25, 0.3) is 11.3 Å². The lowest BCUT2D eigenvalue weighted by molar-refractivity contribution is -0.133. The molecule has 1 amide bonds. The summed E-state index contributed by atoms with van der Waals surface area (Å²) < 4.78 is 6.22. The molecule has 0 atom stereocenters. The number of likely N-dealkylation sites (tertiary alicyclic amines) is 1. The Kier molecular flexibility index (Phi) is 8.59. The number of oxazole rings is 1. The van der Waals surface area contributed by atoms with E-state index in [1.807, 2.05) is 47.4 Å². The fourth-order valence-corrected chi connectivity index (χ4v) is 5.54. The number of carbonyl (C=O) groups excluding carboxylic acids is 1. The number of aryl methyl sites for hydroxylation is 1. The Labute approximate surface area is 225 Å².